The van der Waals surface area contributed by atoms with E-state index in [-0.39, 0.29) is 5.91 Å². The summed E-state index contributed by atoms with van der Waals surface area (Å²) < 4.78 is 1.70. The molecule has 1 aliphatic rings. The number of hydrogen-bond donors (Lipinski definition) is 1. The van der Waals surface area contributed by atoms with Gasteiger partial charge in [-0.3, -0.25) is 4.79 Å². The van der Waals surface area contributed by atoms with Crippen LogP contribution < -0.4 is 5.32 Å². The Morgan fingerprint density at radius 3 is 2.67 bits per heavy atom. The molecule has 0 radical (unpaired) electrons. The molecule has 27 heavy (non-hydrogen) atoms. The lowest BCUT2D eigenvalue weighted by Gasteiger charge is -2.22. The minimum absolute atomic E-state index is 0.0653. The van der Waals surface area contributed by atoms with Gasteiger partial charge in [0.25, 0.3) is 0 Å². The second-order valence-corrected chi connectivity index (χ2v) is 8.10. The summed E-state index contributed by atoms with van der Waals surface area (Å²) in [4.78, 5) is 12.2. The number of carbonyl (C=O) groups excluding carboxylic acids is 1. The van der Waals surface area contributed by atoms with Gasteiger partial charge in [0.15, 0.2) is 11.5 Å². The molecule has 4 rings (SSSR count). The fourth-order valence-corrected chi connectivity index (χ4v) is 4.08. The minimum Gasteiger partial charge on any atom is -0.353 e. The molecule has 0 saturated heterocycles. The standard InChI is InChI=1S/C19H20ClN5OS/c20-14-8-6-13(7-9-14)19-23-22-16-10-11-18(24-25(16)19)27-12-17(26)21-15-4-2-1-3-5-15/h6-11,15H,1-5,12H2,(H,21,26). The van der Waals surface area contributed by atoms with Crippen LogP contribution in [0.1, 0.15) is 32.1 Å². The van der Waals surface area contributed by atoms with Crippen molar-refractivity contribution >= 4 is 34.9 Å². The number of nitrogens with one attached hydrogen (secondary N) is 1. The van der Waals surface area contributed by atoms with Crippen LogP contribution in [-0.4, -0.2) is 37.5 Å². The number of rotatable bonds is 5. The molecule has 2 heterocycles. The first kappa shape index (κ1) is 18.3. The zero-order valence-electron chi connectivity index (χ0n) is 14.8. The fraction of sp³-hybridized carbons (Fsp3) is 0.368. The zero-order valence-corrected chi connectivity index (χ0v) is 16.3. The Balaban J connectivity index is 1.45. The summed E-state index contributed by atoms with van der Waals surface area (Å²) in [6.45, 7) is 0. The lowest BCUT2D eigenvalue weighted by atomic mass is 9.95. The molecular formula is C19H20ClN5OS. The normalized spacial score (nSPS) is 15.1. The number of benzene rings is 1. The highest BCUT2D eigenvalue weighted by Gasteiger charge is 2.16. The van der Waals surface area contributed by atoms with Crippen molar-refractivity contribution in [1.82, 2.24) is 25.1 Å². The number of halogens is 1. The van der Waals surface area contributed by atoms with E-state index in [4.69, 9.17) is 11.6 Å². The summed E-state index contributed by atoms with van der Waals surface area (Å²) in [6.07, 6.45) is 5.87. The van der Waals surface area contributed by atoms with E-state index in [1.54, 1.807) is 4.52 Å². The third-order valence-corrected chi connectivity index (χ3v) is 5.83. The molecule has 1 aliphatic carbocycles. The van der Waals surface area contributed by atoms with Gasteiger partial charge in [0, 0.05) is 16.6 Å². The summed E-state index contributed by atoms with van der Waals surface area (Å²) in [5, 5.41) is 17.5. The molecule has 0 atom stereocenters. The first-order valence-corrected chi connectivity index (χ1v) is 10.5. The predicted octanol–water partition coefficient (Wildman–Crippen LogP) is 3.99. The van der Waals surface area contributed by atoms with Gasteiger partial charge in [-0.1, -0.05) is 42.6 Å². The average molecular weight is 402 g/mol. The van der Waals surface area contributed by atoms with Crippen LogP contribution in [0.25, 0.3) is 17.0 Å². The Morgan fingerprint density at radius 1 is 1.11 bits per heavy atom. The SMILES string of the molecule is O=C(CSc1ccc2nnc(-c3ccc(Cl)cc3)n2n1)NC1CCCCC1. The van der Waals surface area contributed by atoms with Crippen LogP contribution >= 0.6 is 23.4 Å². The number of nitrogens with zero attached hydrogens (tertiary/aromatic N) is 4. The number of fused-ring (bicyclic) bond motifs is 1. The van der Waals surface area contributed by atoms with E-state index in [1.165, 1.54) is 31.0 Å². The molecule has 0 bridgehead atoms. The second-order valence-electron chi connectivity index (χ2n) is 6.66. The molecule has 1 N–H and O–H groups in total. The van der Waals surface area contributed by atoms with Crippen molar-refractivity contribution in [2.24, 2.45) is 0 Å². The Kier molecular flexibility index (Phi) is 5.59. The Morgan fingerprint density at radius 2 is 1.89 bits per heavy atom. The molecule has 0 aliphatic heterocycles. The molecule has 3 aromatic rings. The molecule has 1 saturated carbocycles. The van der Waals surface area contributed by atoms with Crippen molar-refractivity contribution in [3.8, 4) is 11.4 Å². The number of thioether (sulfide) groups is 1. The molecular weight excluding hydrogens is 382 g/mol. The van der Waals surface area contributed by atoms with E-state index < -0.39 is 0 Å². The van der Waals surface area contributed by atoms with Gasteiger partial charge < -0.3 is 5.32 Å². The largest absolute Gasteiger partial charge is 0.353 e. The van der Waals surface area contributed by atoms with Gasteiger partial charge in [0.05, 0.1) is 5.75 Å². The third kappa shape index (κ3) is 4.42. The van der Waals surface area contributed by atoms with Gasteiger partial charge in [-0.05, 0) is 49.2 Å². The molecule has 0 spiro atoms. The van der Waals surface area contributed by atoms with Crippen LogP contribution in [0.15, 0.2) is 41.4 Å². The van der Waals surface area contributed by atoms with Crippen LogP contribution in [0.5, 0.6) is 0 Å². The molecule has 140 valence electrons. The van der Waals surface area contributed by atoms with Crippen molar-refractivity contribution in [2.45, 2.75) is 43.2 Å². The van der Waals surface area contributed by atoms with Crippen LogP contribution in [0.3, 0.4) is 0 Å². The van der Waals surface area contributed by atoms with Gasteiger partial charge in [-0.25, -0.2) is 0 Å². The molecule has 1 aromatic carbocycles. The Hall–Kier alpha value is -2.12. The smallest absolute Gasteiger partial charge is 0.230 e. The van der Waals surface area contributed by atoms with Crippen molar-refractivity contribution in [3.05, 3.63) is 41.4 Å². The van der Waals surface area contributed by atoms with Gasteiger partial charge in [-0.2, -0.15) is 9.61 Å². The average Bonchev–Trinajstić information content (AvgIpc) is 3.11. The van der Waals surface area contributed by atoms with Gasteiger partial charge in [0.2, 0.25) is 5.91 Å². The first-order valence-electron chi connectivity index (χ1n) is 9.09. The number of carbonyl (C=O) groups is 1. The van der Waals surface area contributed by atoms with E-state index in [0.717, 1.165) is 23.4 Å². The number of amides is 1. The summed E-state index contributed by atoms with van der Waals surface area (Å²) in [7, 11) is 0. The second kappa shape index (κ2) is 8.27. The van der Waals surface area contributed by atoms with E-state index in [0.29, 0.717) is 28.3 Å². The monoisotopic (exact) mass is 401 g/mol. The zero-order chi connectivity index (χ0) is 18.6. The first-order chi connectivity index (χ1) is 13.2. The van der Waals surface area contributed by atoms with E-state index in [2.05, 4.69) is 20.6 Å². The van der Waals surface area contributed by atoms with Crippen molar-refractivity contribution in [1.29, 1.82) is 0 Å². The van der Waals surface area contributed by atoms with Crippen LogP contribution in [0, 0.1) is 0 Å². The quantitative estimate of drug-likeness (QED) is 0.654. The Labute approximate surface area is 166 Å². The fourth-order valence-electron chi connectivity index (χ4n) is 3.28. The molecule has 6 nitrogen and oxygen atoms in total. The van der Waals surface area contributed by atoms with Gasteiger partial charge in [-0.15, -0.1) is 10.2 Å². The Bertz CT molecular complexity index is 937. The minimum atomic E-state index is 0.0653. The lowest BCUT2D eigenvalue weighted by molar-refractivity contribution is -0.119. The highest BCUT2D eigenvalue weighted by Crippen LogP contribution is 2.22. The number of hydrogen-bond acceptors (Lipinski definition) is 5. The molecule has 1 fully saturated rings. The summed E-state index contributed by atoms with van der Waals surface area (Å²) >= 11 is 7.38. The third-order valence-electron chi connectivity index (χ3n) is 4.66. The van der Waals surface area contributed by atoms with Crippen molar-refractivity contribution in [3.63, 3.8) is 0 Å². The molecule has 1 amide bonds. The lowest BCUT2D eigenvalue weighted by Crippen LogP contribution is -2.37. The number of aromatic nitrogens is 4. The summed E-state index contributed by atoms with van der Waals surface area (Å²) in [5.41, 5.74) is 1.55. The van der Waals surface area contributed by atoms with E-state index >= 15 is 0 Å². The van der Waals surface area contributed by atoms with Crippen LogP contribution in [0.2, 0.25) is 5.02 Å². The van der Waals surface area contributed by atoms with Gasteiger partial charge >= 0.3 is 0 Å². The molecule has 8 heteroatoms. The summed E-state index contributed by atoms with van der Waals surface area (Å²) in [6, 6.07) is 11.5. The topological polar surface area (TPSA) is 72.2 Å². The summed E-state index contributed by atoms with van der Waals surface area (Å²) in [5.74, 6) is 1.07. The van der Waals surface area contributed by atoms with Crippen LogP contribution in [0.4, 0.5) is 0 Å². The van der Waals surface area contributed by atoms with E-state index in [1.807, 2.05) is 36.4 Å². The van der Waals surface area contributed by atoms with Crippen molar-refractivity contribution in [2.75, 3.05) is 5.75 Å². The van der Waals surface area contributed by atoms with Crippen LogP contribution in [-0.2, 0) is 4.79 Å². The maximum Gasteiger partial charge on any atom is 0.230 e. The van der Waals surface area contributed by atoms with E-state index in [9.17, 15) is 4.79 Å². The maximum atomic E-state index is 12.2. The van der Waals surface area contributed by atoms with Gasteiger partial charge in [0.1, 0.15) is 5.03 Å². The maximum absolute atomic E-state index is 12.2. The van der Waals surface area contributed by atoms with Crippen molar-refractivity contribution < 1.29 is 4.79 Å². The highest BCUT2D eigenvalue weighted by atomic mass is 35.5. The molecule has 0 unspecified atom stereocenters. The highest BCUT2D eigenvalue weighted by molar-refractivity contribution is 7.99. The molecule has 2 aromatic heterocycles. The predicted molar refractivity (Wildman–Crippen MR) is 107 cm³/mol.